The number of anilines is 1. The van der Waals surface area contributed by atoms with Gasteiger partial charge in [-0.25, -0.2) is 4.79 Å². The summed E-state index contributed by atoms with van der Waals surface area (Å²) in [7, 11) is 1.35. The van der Waals surface area contributed by atoms with Gasteiger partial charge in [-0.15, -0.1) is 11.8 Å². The van der Waals surface area contributed by atoms with E-state index in [1.807, 2.05) is 6.07 Å². The van der Waals surface area contributed by atoms with Crippen molar-refractivity contribution in [2.45, 2.75) is 18.2 Å². The Kier molecular flexibility index (Phi) is 4.49. The molecule has 1 rings (SSSR count). The third-order valence-corrected chi connectivity index (χ3v) is 3.10. The highest BCUT2D eigenvalue weighted by Gasteiger charge is 2.10. The summed E-state index contributed by atoms with van der Waals surface area (Å²) in [6, 6.07) is 5.44. The third kappa shape index (κ3) is 3.16. The Morgan fingerprint density at radius 2 is 2.27 bits per heavy atom. The molecule has 4 heteroatoms. The van der Waals surface area contributed by atoms with E-state index >= 15 is 0 Å². The van der Waals surface area contributed by atoms with Gasteiger partial charge >= 0.3 is 5.97 Å². The van der Waals surface area contributed by atoms with E-state index in [4.69, 9.17) is 5.73 Å². The predicted molar refractivity (Wildman–Crippen MR) is 63.2 cm³/mol. The Hall–Kier alpha value is -1.16. The van der Waals surface area contributed by atoms with E-state index in [2.05, 4.69) is 11.7 Å². The van der Waals surface area contributed by atoms with E-state index in [-0.39, 0.29) is 5.97 Å². The summed E-state index contributed by atoms with van der Waals surface area (Å²) in [6.07, 6.45) is 1.10. The van der Waals surface area contributed by atoms with Gasteiger partial charge in [-0.3, -0.25) is 0 Å². The molecule has 0 saturated carbocycles. The van der Waals surface area contributed by atoms with Gasteiger partial charge in [-0.05, 0) is 30.4 Å². The van der Waals surface area contributed by atoms with Crippen molar-refractivity contribution in [3.63, 3.8) is 0 Å². The first-order chi connectivity index (χ1) is 7.19. The molecule has 0 aliphatic carbocycles. The Morgan fingerprint density at radius 3 is 2.87 bits per heavy atom. The minimum absolute atomic E-state index is 0.383. The second kappa shape index (κ2) is 5.66. The molecular formula is C11H15NO2S. The Bertz CT molecular complexity index is 352. The molecule has 0 fully saturated rings. The fourth-order valence-electron chi connectivity index (χ4n) is 1.13. The fraction of sp³-hybridized carbons (Fsp3) is 0.364. The fourth-order valence-corrected chi connectivity index (χ4v) is 1.94. The lowest BCUT2D eigenvalue weighted by molar-refractivity contribution is 0.0601. The van der Waals surface area contributed by atoms with E-state index in [1.165, 1.54) is 7.11 Å². The van der Waals surface area contributed by atoms with Crippen molar-refractivity contribution >= 4 is 23.4 Å². The molecule has 0 atom stereocenters. The summed E-state index contributed by atoms with van der Waals surface area (Å²) in [5.41, 5.74) is 6.59. The Morgan fingerprint density at radius 1 is 1.53 bits per heavy atom. The summed E-state index contributed by atoms with van der Waals surface area (Å²) >= 11 is 1.71. The third-order valence-electron chi connectivity index (χ3n) is 1.90. The zero-order valence-electron chi connectivity index (χ0n) is 8.95. The topological polar surface area (TPSA) is 52.3 Å². The summed E-state index contributed by atoms with van der Waals surface area (Å²) in [6.45, 7) is 2.12. The van der Waals surface area contributed by atoms with E-state index in [0.29, 0.717) is 11.3 Å². The summed E-state index contributed by atoms with van der Waals surface area (Å²) in [5.74, 6) is 0.649. The second-order valence-corrected chi connectivity index (χ2v) is 4.26. The molecule has 0 unspecified atom stereocenters. The van der Waals surface area contributed by atoms with Crippen molar-refractivity contribution in [2.24, 2.45) is 0 Å². The van der Waals surface area contributed by atoms with Crippen LogP contribution in [0.2, 0.25) is 0 Å². The number of rotatable bonds is 4. The maximum Gasteiger partial charge on any atom is 0.339 e. The van der Waals surface area contributed by atoms with Gasteiger partial charge in [0.05, 0.1) is 12.7 Å². The van der Waals surface area contributed by atoms with Gasteiger partial charge in [0.1, 0.15) is 0 Å². The van der Waals surface area contributed by atoms with Crippen LogP contribution in [0.3, 0.4) is 0 Å². The predicted octanol–water partition coefficient (Wildman–Crippen LogP) is 2.56. The minimum Gasteiger partial charge on any atom is -0.465 e. The number of esters is 1. The van der Waals surface area contributed by atoms with Crippen molar-refractivity contribution in [1.82, 2.24) is 0 Å². The van der Waals surface area contributed by atoms with E-state index in [1.54, 1.807) is 23.9 Å². The maximum absolute atomic E-state index is 11.3. The highest BCUT2D eigenvalue weighted by molar-refractivity contribution is 7.99. The molecule has 0 aromatic heterocycles. The van der Waals surface area contributed by atoms with Crippen LogP contribution in [0.15, 0.2) is 23.1 Å². The van der Waals surface area contributed by atoms with Crippen LogP contribution in [0, 0.1) is 0 Å². The standard InChI is InChI=1S/C11H15NO2S/c1-3-6-15-8-4-5-10(12)9(7-8)11(13)14-2/h4-5,7H,3,6,12H2,1-2H3. The normalized spacial score (nSPS) is 10.0. The van der Waals surface area contributed by atoms with Crippen molar-refractivity contribution in [3.05, 3.63) is 23.8 Å². The Balaban J connectivity index is 2.89. The van der Waals surface area contributed by atoms with Crippen molar-refractivity contribution in [2.75, 3.05) is 18.6 Å². The van der Waals surface area contributed by atoms with Gasteiger partial charge in [0.2, 0.25) is 0 Å². The SMILES string of the molecule is CCCSc1ccc(N)c(C(=O)OC)c1. The molecular weight excluding hydrogens is 210 g/mol. The van der Waals surface area contributed by atoms with Gasteiger partial charge < -0.3 is 10.5 Å². The molecule has 0 aliphatic rings. The number of carbonyl (C=O) groups excluding carboxylic acids is 1. The smallest absolute Gasteiger partial charge is 0.339 e. The van der Waals surface area contributed by atoms with E-state index < -0.39 is 0 Å². The first-order valence-electron chi connectivity index (χ1n) is 4.79. The van der Waals surface area contributed by atoms with Gasteiger partial charge in [-0.1, -0.05) is 6.92 Å². The number of hydrogen-bond donors (Lipinski definition) is 1. The number of ether oxygens (including phenoxy) is 1. The lowest BCUT2D eigenvalue weighted by Gasteiger charge is -2.06. The minimum atomic E-state index is -0.383. The van der Waals surface area contributed by atoms with Gasteiger partial charge in [-0.2, -0.15) is 0 Å². The van der Waals surface area contributed by atoms with Gasteiger partial charge in [0.15, 0.2) is 0 Å². The first kappa shape index (κ1) is 11.9. The van der Waals surface area contributed by atoms with Crippen LogP contribution in [0.4, 0.5) is 5.69 Å². The quantitative estimate of drug-likeness (QED) is 0.486. The highest BCUT2D eigenvalue weighted by Crippen LogP contribution is 2.23. The number of hydrogen-bond acceptors (Lipinski definition) is 4. The number of methoxy groups -OCH3 is 1. The van der Waals surface area contributed by atoms with Crippen LogP contribution in [0.1, 0.15) is 23.7 Å². The molecule has 1 aromatic rings. The molecule has 0 aliphatic heterocycles. The monoisotopic (exact) mass is 225 g/mol. The number of nitrogen functional groups attached to an aromatic ring is 1. The van der Waals surface area contributed by atoms with Crippen molar-refractivity contribution < 1.29 is 9.53 Å². The van der Waals surface area contributed by atoms with Crippen LogP contribution in [-0.4, -0.2) is 18.8 Å². The number of thioether (sulfide) groups is 1. The zero-order chi connectivity index (χ0) is 11.3. The molecule has 0 amide bonds. The molecule has 82 valence electrons. The molecule has 0 spiro atoms. The van der Waals surface area contributed by atoms with Crippen LogP contribution in [0.5, 0.6) is 0 Å². The number of nitrogens with two attached hydrogens (primary N) is 1. The van der Waals surface area contributed by atoms with Crippen LogP contribution in [-0.2, 0) is 4.74 Å². The molecule has 1 aromatic carbocycles. The maximum atomic E-state index is 11.3. The molecule has 0 radical (unpaired) electrons. The van der Waals surface area contributed by atoms with Crippen LogP contribution in [0.25, 0.3) is 0 Å². The molecule has 0 heterocycles. The van der Waals surface area contributed by atoms with E-state index in [0.717, 1.165) is 17.1 Å². The molecule has 0 saturated heterocycles. The van der Waals surface area contributed by atoms with Crippen molar-refractivity contribution in [1.29, 1.82) is 0 Å². The van der Waals surface area contributed by atoms with Crippen LogP contribution < -0.4 is 5.73 Å². The van der Waals surface area contributed by atoms with Gasteiger partial charge in [0.25, 0.3) is 0 Å². The highest BCUT2D eigenvalue weighted by atomic mass is 32.2. The average Bonchev–Trinajstić information content (AvgIpc) is 2.27. The zero-order valence-corrected chi connectivity index (χ0v) is 9.76. The van der Waals surface area contributed by atoms with Crippen molar-refractivity contribution in [3.8, 4) is 0 Å². The summed E-state index contributed by atoms with van der Waals surface area (Å²) in [4.78, 5) is 12.4. The number of benzene rings is 1. The van der Waals surface area contributed by atoms with Gasteiger partial charge in [0, 0.05) is 10.6 Å². The molecule has 3 nitrogen and oxygen atoms in total. The largest absolute Gasteiger partial charge is 0.465 e. The average molecular weight is 225 g/mol. The Labute approximate surface area is 94.0 Å². The van der Waals surface area contributed by atoms with E-state index in [9.17, 15) is 4.79 Å². The molecule has 15 heavy (non-hydrogen) atoms. The lowest BCUT2D eigenvalue weighted by Crippen LogP contribution is -2.05. The summed E-state index contributed by atoms with van der Waals surface area (Å²) in [5, 5.41) is 0. The summed E-state index contributed by atoms with van der Waals surface area (Å²) < 4.78 is 4.65. The number of carbonyl (C=O) groups is 1. The lowest BCUT2D eigenvalue weighted by atomic mass is 10.2. The first-order valence-corrected chi connectivity index (χ1v) is 5.78. The van der Waals surface area contributed by atoms with Crippen LogP contribution >= 0.6 is 11.8 Å². The molecule has 0 bridgehead atoms. The second-order valence-electron chi connectivity index (χ2n) is 3.09. The molecule has 2 N–H and O–H groups in total.